The van der Waals surface area contributed by atoms with Gasteiger partial charge in [0, 0.05) is 31.9 Å². The lowest BCUT2D eigenvalue weighted by Gasteiger charge is -2.36. The number of hydrogen-bond donors (Lipinski definition) is 1. The first-order valence-electron chi connectivity index (χ1n) is 8.36. The zero-order valence-corrected chi connectivity index (χ0v) is 14.7. The minimum atomic E-state index is -4.46. The Morgan fingerprint density at radius 2 is 1.88 bits per heavy atom. The Labute approximate surface area is 149 Å². The second kappa shape index (κ2) is 8.39. The van der Waals surface area contributed by atoms with Crippen LogP contribution >= 0.6 is 0 Å². The molecule has 0 spiro atoms. The Balaban J connectivity index is 1.91. The van der Waals surface area contributed by atoms with Crippen LogP contribution in [0.15, 0.2) is 24.3 Å². The zero-order chi connectivity index (χ0) is 19.3. The van der Waals surface area contributed by atoms with Crippen molar-refractivity contribution in [3.05, 3.63) is 29.8 Å². The van der Waals surface area contributed by atoms with Crippen LogP contribution in [0.4, 0.5) is 23.7 Å². The molecule has 0 radical (unpaired) electrons. The van der Waals surface area contributed by atoms with Gasteiger partial charge in [0.1, 0.15) is 0 Å². The topological polar surface area (TPSA) is 61.9 Å². The van der Waals surface area contributed by atoms with E-state index in [0.717, 1.165) is 12.1 Å². The summed E-state index contributed by atoms with van der Waals surface area (Å²) in [6.07, 6.45) is -4.84. The predicted molar refractivity (Wildman–Crippen MR) is 89.7 cm³/mol. The van der Waals surface area contributed by atoms with Crippen molar-refractivity contribution in [1.29, 1.82) is 0 Å². The van der Waals surface area contributed by atoms with Crippen molar-refractivity contribution in [3.8, 4) is 0 Å². The van der Waals surface area contributed by atoms with E-state index in [4.69, 9.17) is 4.74 Å². The van der Waals surface area contributed by atoms with Crippen molar-refractivity contribution in [3.63, 3.8) is 0 Å². The highest BCUT2D eigenvalue weighted by atomic mass is 19.4. The molecule has 2 rings (SSSR count). The molecule has 1 atom stereocenters. The molecule has 0 unspecified atom stereocenters. The summed E-state index contributed by atoms with van der Waals surface area (Å²) >= 11 is 0. The van der Waals surface area contributed by atoms with E-state index in [2.05, 4.69) is 5.32 Å². The minimum absolute atomic E-state index is 0.0989. The maximum atomic E-state index is 12.7. The number of piperazine rings is 1. The molecule has 0 saturated carbocycles. The van der Waals surface area contributed by atoms with Crippen molar-refractivity contribution in [2.24, 2.45) is 0 Å². The number of benzene rings is 1. The molecule has 1 aromatic rings. The largest absolute Gasteiger partial charge is 0.450 e. The second-order valence-electron chi connectivity index (χ2n) is 5.97. The summed E-state index contributed by atoms with van der Waals surface area (Å²) in [7, 11) is 0. The smallest absolute Gasteiger partial charge is 0.416 e. The summed E-state index contributed by atoms with van der Waals surface area (Å²) in [5.74, 6) is -0.395. The molecule has 1 saturated heterocycles. The lowest BCUT2D eigenvalue weighted by molar-refractivity contribution is -0.137. The number of alkyl halides is 3. The Hall–Kier alpha value is -2.29. The molecule has 9 heteroatoms. The number of nitrogens with zero attached hydrogens (tertiary/aromatic N) is 2. The molecule has 1 fully saturated rings. The van der Waals surface area contributed by atoms with Crippen molar-refractivity contribution < 1.29 is 27.5 Å². The van der Waals surface area contributed by atoms with Gasteiger partial charge in [0.2, 0.25) is 5.91 Å². The molecular weight excluding hydrogens is 351 g/mol. The van der Waals surface area contributed by atoms with Crippen molar-refractivity contribution >= 4 is 17.7 Å². The molecular formula is C17H22F3N3O3. The van der Waals surface area contributed by atoms with Crippen LogP contribution < -0.4 is 5.32 Å². The number of hydrogen-bond acceptors (Lipinski definition) is 4. The fourth-order valence-electron chi connectivity index (χ4n) is 2.69. The van der Waals surface area contributed by atoms with Gasteiger partial charge in [-0.15, -0.1) is 0 Å². The molecule has 1 aromatic carbocycles. The summed E-state index contributed by atoms with van der Waals surface area (Å²) in [6.45, 7) is 5.54. The molecule has 1 N–H and O–H groups in total. The summed E-state index contributed by atoms with van der Waals surface area (Å²) in [5.41, 5.74) is -0.715. The van der Waals surface area contributed by atoms with E-state index < -0.39 is 23.7 Å². The third kappa shape index (κ3) is 5.10. The summed E-state index contributed by atoms with van der Waals surface area (Å²) in [6, 6.07) is 3.99. The van der Waals surface area contributed by atoms with Crippen LogP contribution in [0.2, 0.25) is 0 Å². The Bertz CT molecular complexity index is 644. The number of carbonyl (C=O) groups is 2. The first kappa shape index (κ1) is 20.0. The van der Waals surface area contributed by atoms with Gasteiger partial charge >= 0.3 is 12.3 Å². The van der Waals surface area contributed by atoms with Crippen molar-refractivity contribution in [1.82, 2.24) is 9.80 Å². The van der Waals surface area contributed by atoms with Crippen molar-refractivity contribution in [2.75, 3.05) is 38.1 Å². The SMILES string of the molecule is CCOC(=O)N1CCN([C@H](C)C(=O)Nc2cccc(C(F)(F)F)c2)CC1. The number of ether oxygens (including phenoxy) is 1. The van der Waals surface area contributed by atoms with E-state index in [1.54, 1.807) is 18.7 Å². The fourth-order valence-corrected chi connectivity index (χ4v) is 2.69. The summed E-state index contributed by atoms with van der Waals surface area (Å²) < 4.78 is 43.2. The second-order valence-corrected chi connectivity index (χ2v) is 5.97. The average Bonchev–Trinajstić information content (AvgIpc) is 2.61. The van der Waals surface area contributed by atoms with Gasteiger partial charge in [-0.25, -0.2) is 4.79 Å². The third-order valence-corrected chi connectivity index (χ3v) is 4.22. The summed E-state index contributed by atoms with van der Waals surface area (Å²) in [5, 5.41) is 2.52. The van der Waals surface area contributed by atoms with Crippen LogP contribution in [0, 0.1) is 0 Å². The Morgan fingerprint density at radius 1 is 1.23 bits per heavy atom. The van der Waals surface area contributed by atoms with Gasteiger partial charge in [0.05, 0.1) is 18.2 Å². The molecule has 1 heterocycles. The van der Waals surface area contributed by atoms with Crippen LogP contribution in [0.25, 0.3) is 0 Å². The Kier molecular flexibility index (Phi) is 6.47. The average molecular weight is 373 g/mol. The van der Waals surface area contributed by atoms with Crippen molar-refractivity contribution in [2.45, 2.75) is 26.1 Å². The van der Waals surface area contributed by atoms with E-state index >= 15 is 0 Å². The molecule has 144 valence electrons. The molecule has 0 aliphatic carbocycles. The number of carbonyl (C=O) groups excluding carboxylic acids is 2. The lowest BCUT2D eigenvalue weighted by Crippen LogP contribution is -2.54. The van der Waals surface area contributed by atoms with Gasteiger partial charge in [0.15, 0.2) is 0 Å². The predicted octanol–water partition coefficient (Wildman–Crippen LogP) is 2.81. The lowest BCUT2D eigenvalue weighted by atomic mass is 10.1. The number of amides is 2. The number of nitrogens with one attached hydrogen (secondary N) is 1. The number of halogens is 3. The van der Waals surface area contributed by atoms with Crippen LogP contribution in [-0.4, -0.2) is 60.6 Å². The van der Waals surface area contributed by atoms with Crippen LogP contribution in [0.5, 0.6) is 0 Å². The van der Waals surface area contributed by atoms with E-state index in [0.29, 0.717) is 32.8 Å². The third-order valence-electron chi connectivity index (χ3n) is 4.22. The molecule has 26 heavy (non-hydrogen) atoms. The quantitative estimate of drug-likeness (QED) is 0.882. The molecule has 1 aliphatic heterocycles. The van der Waals surface area contributed by atoms with Crippen LogP contribution in [0.1, 0.15) is 19.4 Å². The number of anilines is 1. The van der Waals surface area contributed by atoms with Gasteiger partial charge in [-0.05, 0) is 32.0 Å². The van der Waals surface area contributed by atoms with E-state index in [1.807, 2.05) is 4.90 Å². The Morgan fingerprint density at radius 3 is 2.46 bits per heavy atom. The van der Waals surface area contributed by atoms with Gasteiger partial charge in [-0.1, -0.05) is 6.07 Å². The van der Waals surface area contributed by atoms with Gasteiger partial charge in [-0.3, -0.25) is 9.69 Å². The first-order chi connectivity index (χ1) is 12.2. The normalized spacial score (nSPS) is 16.9. The first-order valence-corrected chi connectivity index (χ1v) is 8.36. The van der Waals surface area contributed by atoms with Gasteiger partial charge in [-0.2, -0.15) is 13.2 Å². The standard InChI is InChI=1S/C17H22F3N3O3/c1-3-26-16(25)23-9-7-22(8-10-23)12(2)15(24)21-14-6-4-5-13(11-14)17(18,19)20/h4-6,11-12H,3,7-10H2,1-2H3,(H,21,24)/t12-/m1/s1. The highest BCUT2D eigenvalue weighted by Gasteiger charge is 2.31. The molecule has 1 aliphatic rings. The highest BCUT2D eigenvalue weighted by Crippen LogP contribution is 2.30. The van der Waals surface area contributed by atoms with Gasteiger partial charge in [0.25, 0.3) is 0 Å². The molecule has 6 nitrogen and oxygen atoms in total. The van der Waals surface area contributed by atoms with Gasteiger partial charge < -0.3 is 15.0 Å². The summed E-state index contributed by atoms with van der Waals surface area (Å²) in [4.78, 5) is 27.5. The molecule has 2 amide bonds. The monoisotopic (exact) mass is 373 g/mol. The molecule has 0 bridgehead atoms. The van der Waals surface area contributed by atoms with E-state index in [1.165, 1.54) is 12.1 Å². The zero-order valence-electron chi connectivity index (χ0n) is 14.7. The van der Waals surface area contributed by atoms with Crippen LogP contribution in [0.3, 0.4) is 0 Å². The maximum absolute atomic E-state index is 12.7. The molecule has 0 aromatic heterocycles. The number of rotatable bonds is 4. The maximum Gasteiger partial charge on any atom is 0.416 e. The van der Waals surface area contributed by atoms with Crippen LogP contribution in [-0.2, 0) is 15.7 Å². The van der Waals surface area contributed by atoms with E-state index in [-0.39, 0.29) is 11.8 Å². The van der Waals surface area contributed by atoms with E-state index in [9.17, 15) is 22.8 Å². The minimum Gasteiger partial charge on any atom is -0.450 e. The fraction of sp³-hybridized carbons (Fsp3) is 0.529. The highest BCUT2D eigenvalue weighted by molar-refractivity contribution is 5.94.